The van der Waals surface area contributed by atoms with E-state index in [-0.39, 0.29) is 42.2 Å². The van der Waals surface area contributed by atoms with Crippen LogP contribution < -0.4 is 0 Å². The molecule has 144 valence electrons. The smallest absolute Gasteiger partial charge is 0.190 e. The third-order valence-corrected chi connectivity index (χ3v) is 7.99. The molecule has 0 unspecified atom stereocenters. The summed E-state index contributed by atoms with van der Waals surface area (Å²) in [4.78, 5) is 37.6. The lowest BCUT2D eigenvalue weighted by Gasteiger charge is -2.57. The van der Waals surface area contributed by atoms with Gasteiger partial charge in [0.25, 0.3) is 0 Å². The van der Waals surface area contributed by atoms with Gasteiger partial charge in [0.15, 0.2) is 11.6 Å². The van der Waals surface area contributed by atoms with Crippen LogP contribution in [-0.4, -0.2) is 39.8 Å². The quantitative estimate of drug-likeness (QED) is 0.775. The van der Waals surface area contributed by atoms with Crippen LogP contribution in [0.1, 0.15) is 39.5 Å². The summed E-state index contributed by atoms with van der Waals surface area (Å²) < 4.78 is 0. The Kier molecular flexibility index (Phi) is 3.83. The first-order chi connectivity index (χ1) is 12.6. The van der Waals surface area contributed by atoms with Crippen molar-refractivity contribution in [3.8, 4) is 0 Å². The highest BCUT2D eigenvalue weighted by Crippen LogP contribution is 2.66. The molecule has 4 aliphatic carbocycles. The Labute approximate surface area is 158 Å². The molecule has 4 rings (SSSR count). The Hall–Kier alpha value is -1.85. The fourth-order valence-corrected chi connectivity index (χ4v) is 6.65. The lowest BCUT2D eigenvalue weighted by atomic mass is 9.46. The number of aliphatic hydroxyl groups excluding tert-OH is 1. The number of hydrogen-bond donors (Lipinski definition) is 2. The third kappa shape index (κ3) is 2.15. The van der Waals surface area contributed by atoms with E-state index in [1.54, 1.807) is 6.08 Å². The van der Waals surface area contributed by atoms with Crippen LogP contribution in [-0.2, 0) is 14.4 Å². The van der Waals surface area contributed by atoms with Crippen molar-refractivity contribution in [2.75, 3.05) is 6.61 Å². The normalized spacial score (nSPS) is 45.9. The van der Waals surface area contributed by atoms with Crippen LogP contribution in [0.15, 0.2) is 36.0 Å². The maximum Gasteiger partial charge on any atom is 0.190 e. The van der Waals surface area contributed by atoms with E-state index in [0.29, 0.717) is 12.8 Å². The summed E-state index contributed by atoms with van der Waals surface area (Å²) in [5.74, 6) is -0.999. The first kappa shape index (κ1) is 18.5. The number of carbonyl (C=O) groups is 3. The van der Waals surface area contributed by atoms with E-state index >= 15 is 0 Å². The van der Waals surface area contributed by atoms with E-state index in [2.05, 4.69) is 6.58 Å². The molecule has 0 spiro atoms. The molecule has 0 amide bonds. The molecule has 0 heterocycles. The van der Waals surface area contributed by atoms with Gasteiger partial charge in [-0.25, -0.2) is 0 Å². The molecule has 3 saturated carbocycles. The van der Waals surface area contributed by atoms with Gasteiger partial charge in [0.1, 0.15) is 18.0 Å². The highest BCUT2D eigenvalue weighted by atomic mass is 16.3. The number of hydrogen-bond acceptors (Lipinski definition) is 5. The van der Waals surface area contributed by atoms with Gasteiger partial charge in [-0.15, -0.1) is 0 Å². The molecule has 0 aromatic carbocycles. The number of rotatable bonds is 2. The number of carbonyl (C=O) groups excluding carboxylic acids is 3. The van der Waals surface area contributed by atoms with Gasteiger partial charge in [-0.3, -0.25) is 14.4 Å². The van der Waals surface area contributed by atoms with Crippen molar-refractivity contribution in [2.24, 2.45) is 28.6 Å². The number of ketones is 3. The maximum absolute atomic E-state index is 13.4. The molecule has 0 aliphatic heterocycles. The third-order valence-electron chi connectivity index (χ3n) is 7.99. The predicted molar refractivity (Wildman–Crippen MR) is 98.6 cm³/mol. The summed E-state index contributed by atoms with van der Waals surface area (Å²) >= 11 is 0. The summed E-state index contributed by atoms with van der Waals surface area (Å²) in [6, 6.07) is 0. The first-order valence-corrected chi connectivity index (χ1v) is 9.61. The summed E-state index contributed by atoms with van der Waals surface area (Å²) in [6.45, 7) is 7.28. The zero-order chi connectivity index (χ0) is 19.8. The van der Waals surface area contributed by atoms with Gasteiger partial charge in [-0.1, -0.05) is 32.1 Å². The minimum atomic E-state index is -1.66. The van der Waals surface area contributed by atoms with Gasteiger partial charge in [-0.05, 0) is 48.8 Å². The van der Waals surface area contributed by atoms with Crippen LogP contribution in [0.25, 0.3) is 0 Å². The molecule has 0 bridgehead atoms. The van der Waals surface area contributed by atoms with Gasteiger partial charge in [0.05, 0.1) is 0 Å². The van der Waals surface area contributed by atoms with E-state index in [1.165, 1.54) is 6.08 Å². The number of allylic oxidation sites excluding steroid dienone is 5. The van der Waals surface area contributed by atoms with Crippen LogP contribution in [0, 0.1) is 28.6 Å². The average molecular weight is 370 g/mol. The molecule has 4 aliphatic rings. The van der Waals surface area contributed by atoms with E-state index < -0.39 is 28.8 Å². The minimum absolute atomic E-state index is 0.0122. The molecular formula is C22H26O5. The van der Waals surface area contributed by atoms with Gasteiger partial charge in [0.2, 0.25) is 0 Å². The van der Waals surface area contributed by atoms with Crippen molar-refractivity contribution < 1.29 is 24.6 Å². The second-order valence-corrected chi connectivity index (χ2v) is 9.17. The number of fused-ring (bicyclic) bond motifs is 5. The zero-order valence-corrected chi connectivity index (χ0v) is 15.8. The van der Waals surface area contributed by atoms with Crippen LogP contribution in [0.5, 0.6) is 0 Å². The second kappa shape index (κ2) is 5.58. The molecule has 0 aromatic rings. The van der Waals surface area contributed by atoms with E-state index in [9.17, 15) is 24.6 Å². The molecule has 0 saturated heterocycles. The predicted octanol–water partition coefficient (Wildman–Crippen LogP) is 1.93. The van der Waals surface area contributed by atoms with Crippen LogP contribution in [0.2, 0.25) is 0 Å². The minimum Gasteiger partial charge on any atom is -0.388 e. The highest BCUT2D eigenvalue weighted by Gasteiger charge is 2.68. The van der Waals surface area contributed by atoms with E-state index in [1.807, 2.05) is 19.9 Å². The topological polar surface area (TPSA) is 91.7 Å². The molecule has 2 N–H and O–H groups in total. The number of aliphatic hydroxyl groups is 2. The number of Topliss-reactive ketones (excluding diaryl/α,β-unsaturated/α-hetero) is 2. The molecule has 6 atom stereocenters. The SMILES string of the molecule is C=C1C[C@@H]2[C@H](C(=O)C[C@@]3(C)[C@H]2CC[C@]3(O)C(=O)CO)[C@@]2(C)C=CC(=O)C=C12. The second-order valence-electron chi connectivity index (χ2n) is 9.17. The van der Waals surface area contributed by atoms with E-state index in [0.717, 1.165) is 11.1 Å². The Balaban J connectivity index is 1.81. The molecule has 0 aromatic heterocycles. The van der Waals surface area contributed by atoms with Crippen LogP contribution in [0.4, 0.5) is 0 Å². The van der Waals surface area contributed by atoms with Crippen molar-refractivity contribution in [2.45, 2.75) is 45.1 Å². The Morgan fingerprint density at radius 3 is 2.70 bits per heavy atom. The first-order valence-electron chi connectivity index (χ1n) is 9.61. The van der Waals surface area contributed by atoms with Gasteiger partial charge in [0, 0.05) is 23.2 Å². The standard InChI is InChI=1S/C22H26O5/c1-12-8-14-15-5-7-22(27,18(26)11-23)21(15,3)10-17(25)19(14)20(2)6-4-13(24)9-16(12)20/h4,6,9,14-15,19,23,27H,1,5,7-8,10-11H2,2-3H3/t14-,15-,19+,20-,21-,22-/m0/s1. The van der Waals surface area contributed by atoms with Crippen molar-refractivity contribution in [1.29, 1.82) is 0 Å². The average Bonchev–Trinajstić information content (AvgIpc) is 2.87. The molecule has 27 heavy (non-hydrogen) atoms. The van der Waals surface area contributed by atoms with E-state index in [4.69, 9.17) is 0 Å². The lowest BCUT2D eigenvalue weighted by Crippen LogP contribution is -2.60. The van der Waals surface area contributed by atoms with Gasteiger partial charge in [-0.2, -0.15) is 0 Å². The van der Waals surface area contributed by atoms with Crippen LogP contribution in [0.3, 0.4) is 0 Å². The molecule has 5 nitrogen and oxygen atoms in total. The van der Waals surface area contributed by atoms with Crippen molar-refractivity contribution in [3.63, 3.8) is 0 Å². The highest BCUT2D eigenvalue weighted by molar-refractivity contribution is 6.02. The lowest BCUT2D eigenvalue weighted by molar-refractivity contribution is -0.168. The molecule has 0 radical (unpaired) electrons. The fraction of sp³-hybridized carbons (Fsp3) is 0.591. The summed E-state index contributed by atoms with van der Waals surface area (Å²) in [7, 11) is 0. The molecule has 3 fully saturated rings. The Bertz CT molecular complexity index is 836. The zero-order valence-electron chi connectivity index (χ0n) is 15.8. The Morgan fingerprint density at radius 2 is 2.04 bits per heavy atom. The van der Waals surface area contributed by atoms with Crippen molar-refractivity contribution >= 4 is 17.3 Å². The molecule has 5 heteroatoms. The fourth-order valence-electron chi connectivity index (χ4n) is 6.65. The largest absolute Gasteiger partial charge is 0.388 e. The Morgan fingerprint density at radius 1 is 1.33 bits per heavy atom. The molecular weight excluding hydrogens is 344 g/mol. The summed E-state index contributed by atoms with van der Waals surface area (Å²) in [5, 5.41) is 20.5. The maximum atomic E-state index is 13.4. The van der Waals surface area contributed by atoms with Crippen molar-refractivity contribution in [1.82, 2.24) is 0 Å². The summed E-state index contributed by atoms with van der Waals surface area (Å²) in [6.07, 6.45) is 6.57. The summed E-state index contributed by atoms with van der Waals surface area (Å²) in [5.41, 5.74) is -1.42. The monoisotopic (exact) mass is 370 g/mol. The van der Waals surface area contributed by atoms with Gasteiger partial charge < -0.3 is 10.2 Å². The van der Waals surface area contributed by atoms with Crippen molar-refractivity contribution in [3.05, 3.63) is 36.0 Å². The van der Waals surface area contributed by atoms with Crippen LogP contribution >= 0.6 is 0 Å². The van der Waals surface area contributed by atoms with Gasteiger partial charge >= 0.3 is 0 Å².